The molecule has 0 bridgehead atoms. The lowest BCUT2D eigenvalue weighted by molar-refractivity contribution is -0.141. The molecule has 0 spiro atoms. The summed E-state index contributed by atoms with van der Waals surface area (Å²) in [4.78, 5) is 15.8. The topological polar surface area (TPSA) is 52.2 Å². The number of hydrogen-bond acceptors (Lipinski definition) is 3. The van der Waals surface area contributed by atoms with Crippen molar-refractivity contribution >= 4 is 5.91 Å². The number of aromatic nitrogens is 2. The molecule has 1 amide bonds. The quantitative estimate of drug-likeness (QED) is 0.844. The van der Waals surface area contributed by atoms with Gasteiger partial charge in [-0.1, -0.05) is 0 Å². The van der Waals surface area contributed by atoms with Crippen LogP contribution in [-0.2, 0) is 12.6 Å². The Morgan fingerprint density at radius 1 is 1.33 bits per heavy atom. The highest BCUT2D eigenvalue weighted by Gasteiger charge is 2.40. The normalized spacial score (nSPS) is 15.7. The first-order chi connectivity index (χ1) is 9.80. The van der Waals surface area contributed by atoms with Crippen molar-refractivity contribution in [3.8, 4) is 0 Å². The SMILES string of the molecule is CN(C)CCCCN1CCc2c(n[nH]c2C(F)(F)F)C1=O. The van der Waals surface area contributed by atoms with Crippen LogP contribution in [-0.4, -0.2) is 59.6 Å². The number of nitrogens with one attached hydrogen (secondary N) is 1. The second-order valence-corrected chi connectivity index (χ2v) is 5.48. The van der Waals surface area contributed by atoms with Crippen molar-refractivity contribution in [2.45, 2.75) is 25.4 Å². The molecule has 1 aliphatic rings. The Kier molecular flexibility index (Phi) is 4.55. The van der Waals surface area contributed by atoms with Crippen LogP contribution in [0.15, 0.2) is 0 Å². The zero-order valence-electron chi connectivity index (χ0n) is 12.1. The van der Waals surface area contributed by atoms with Crippen LogP contribution in [0.2, 0.25) is 0 Å². The molecule has 0 unspecified atom stereocenters. The van der Waals surface area contributed by atoms with Gasteiger partial charge < -0.3 is 9.80 Å². The van der Waals surface area contributed by atoms with E-state index in [1.54, 1.807) is 4.90 Å². The van der Waals surface area contributed by atoms with Crippen LogP contribution >= 0.6 is 0 Å². The smallest absolute Gasteiger partial charge is 0.337 e. The van der Waals surface area contributed by atoms with E-state index in [4.69, 9.17) is 0 Å². The Morgan fingerprint density at radius 2 is 2.05 bits per heavy atom. The molecule has 5 nitrogen and oxygen atoms in total. The lowest BCUT2D eigenvalue weighted by atomic mass is 10.0. The molecule has 1 aromatic rings. The van der Waals surface area contributed by atoms with Gasteiger partial charge in [-0.25, -0.2) is 0 Å². The average Bonchev–Trinajstić information content (AvgIpc) is 2.81. The maximum Gasteiger partial charge on any atom is 0.433 e. The minimum Gasteiger partial charge on any atom is -0.337 e. The summed E-state index contributed by atoms with van der Waals surface area (Å²) in [7, 11) is 3.95. The maximum atomic E-state index is 12.8. The summed E-state index contributed by atoms with van der Waals surface area (Å²) in [6, 6.07) is 0. The number of carbonyl (C=O) groups is 1. The number of alkyl halides is 3. The Morgan fingerprint density at radius 3 is 2.67 bits per heavy atom. The van der Waals surface area contributed by atoms with Gasteiger partial charge in [-0.3, -0.25) is 9.89 Å². The molecule has 0 aliphatic carbocycles. The van der Waals surface area contributed by atoms with Crippen LogP contribution < -0.4 is 0 Å². The number of H-pyrrole nitrogens is 1. The monoisotopic (exact) mass is 304 g/mol. The van der Waals surface area contributed by atoms with Gasteiger partial charge in [0.05, 0.1) is 0 Å². The third-order valence-corrected chi connectivity index (χ3v) is 3.56. The van der Waals surface area contributed by atoms with E-state index in [2.05, 4.69) is 10.00 Å². The van der Waals surface area contributed by atoms with Crippen LogP contribution in [0.1, 0.15) is 34.6 Å². The molecule has 2 heterocycles. The standard InChI is InChI=1S/C13H19F3N4O/c1-19(2)6-3-4-7-20-8-5-9-10(12(20)21)17-18-11(9)13(14,15)16/h3-8H2,1-2H3,(H,17,18). The molecule has 118 valence electrons. The van der Waals surface area contributed by atoms with Crippen molar-refractivity contribution in [1.29, 1.82) is 0 Å². The zero-order valence-corrected chi connectivity index (χ0v) is 12.1. The summed E-state index contributed by atoms with van der Waals surface area (Å²) in [6.07, 6.45) is -2.53. The van der Waals surface area contributed by atoms with Crippen LogP contribution in [0.3, 0.4) is 0 Å². The average molecular weight is 304 g/mol. The van der Waals surface area contributed by atoms with Gasteiger partial charge in [0.15, 0.2) is 5.69 Å². The minimum absolute atomic E-state index is 0.00274. The third kappa shape index (κ3) is 3.55. The largest absolute Gasteiger partial charge is 0.433 e. The van der Waals surface area contributed by atoms with Crippen LogP contribution in [0.5, 0.6) is 0 Å². The number of fused-ring (bicyclic) bond motifs is 1. The number of unbranched alkanes of at least 4 members (excludes halogenated alkanes) is 1. The number of rotatable bonds is 5. The van der Waals surface area contributed by atoms with Gasteiger partial charge in [-0.2, -0.15) is 18.3 Å². The first-order valence-corrected chi connectivity index (χ1v) is 6.89. The van der Waals surface area contributed by atoms with Gasteiger partial charge in [-0.05, 0) is 39.9 Å². The molecule has 8 heteroatoms. The van der Waals surface area contributed by atoms with Gasteiger partial charge in [0.1, 0.15) is 5.69 Å². The number of carbonyl (C=O) groups excluding carboxylic acids is 1. The molecule has 0 saturated heterocycles. The maximum absolute atomic E-state index is 12.8. The zero-order chi connectivity index (χ0) is 15.6. The highest BCUT2D eigenvalue weighted by atomic mass is 19.4. The van der Waals surface area contributed by atoms with Gasteiger partial charge in [-0.15, -0.1) is 0 Å². The molecule has 0 atom stereocenters. The second kappa shape index (κ2) is 6.05. The first-order valence-electron chi connectivity index (χ1n) is 6.89. The lowest BCUT2D eigenvalue weighted by Crippen LogP contribution is -2.38. The van der Waals surface area contributed by atoms with E-state index in [-0.39, 0.29) is 17.7 Å². The highest BCUT2D eigenvalue weighted by molar-refractivity contribution is 5.95. The molecule has 0 radical (unpaired) electrons. The molecular formula is C13H19F3N4O. The van der Waals surface area contributed by atoms with E-state index in [9.17, 15) is 18.0 Å². The molecule has 0 fully saturated rings. The van der Waals surface area contributed by atoms with Crippen LogP contribution in [0.25, 0.3) is 0 Å². The van der Waals surface area contributed by atoms with Crippen molar-refractivity contribution < 1.29 is 18.0 Å². The molecule has 2 rings (SSSR count). The van der Waals surface area contributed by atoms with Crippen molar-refractivity contribution in [1.82, 2.24) is 20.0 Å². The lowest BCUT2D eigenvalue weighted by Gasteiger charge is -2.26. The summed E-state index contributed by atoms with van der Waals surface area (Å²) in [5, 5.41) is 5.53. The third-order valence-electron chi connectivity index (χ3n) is 3.56. The Labute approximate surface area is 121 Å². The van der Waals surface area contributed by atoms with Crippen molar-refractivity contribution in [2.24, 2.45) is 0 Å². The van der Waals surface area contributed by atoms with E-state index in [0.29, 0.717) is 13.1 Å². The Balaban J connectivity index is 2.00. The van der Waals surface area contributed by atoms with E-state index in [1.165, 1.54) is 0 Å². The molecule has 1 aliphatic heterocycles. The van der Waals surface area contributed by atoms with E-state index in [1.807, 2.05) is 19.2 Å². The van der Waals surface area contributed by atoms with Crippen molar-refractivity contribution in [3.63, 3.8) is 0 Å². The van der Waals surface area contributed by atoms with E-state index in [0.717, 1.165) is 19.4 Å². The van der Waals surface area contributed by atoms with E-state index >= 15 is 0 Å². The van der Waals surface area contributed by atoms with Crippen molar-refractivity contribution in [3.05, 3.63) is 17.0 Å². The molecule has 1 N–H and O–H groups in total. The summed E-state index contributed by atoms with van der Waals surface area (Å²) in [6.45, 7) is 1.80. The highest BCUT2D eigenvalue weighted by Crippen LogP contribution is 2.33. The van der Waals surface area contributed by atoms with Crippen LogP contribution in [0.4, 0.5) is 13.2 Å². The van der Waals surface area contributed by atoms with E-state index < -0.39 is 17.8 Å². The van der Waals surface area contributed by atoms with Crippen molar-refractivity contribution in [2.75, 3.05) is 33.7 Å². The molecule has 0 saturated carbocycles. The summed E-state index contributed by atoms with van der Waals surface area (Å²) >= 11 is 0. The summed E-state index contributed by atoms with van der Waals surface area (Å²) in [5.41, 5.74) is -0.976. The minimum atomic E-state index is -4.49. The number of nitrogens with zero attached hydrogens (tertiary/aromatic N) is 3. The first kappa shape index (κ1) is 15.8. The van der Waals surface area contributed by atoms with Gasteiger partial charge in [0.25, 0.3) is 5.91 Å². The second-order valence-electron chi connectivity index (χ2n) is 5.48. The molecular weight excluding hydrogens is 285 g/mol. The number of halogens is 3. The Bertz CT molecular complexity index is 510. The van der Waals surface area contributed by atoms with Gasteiger partial charge in [0, 0.05) is 18.7 Å². The fourth-order valence-corrected chi connectivity index (χ4v) is 2.46. The molecule has 21 heavy (non-hydrogen) atoms. The predicted octanol–water partition coefficient (Wildman–Crippen LogP) is 1.77. The fraction of sp³-hybridized carbons (Fsp3) is 0.692. The summed E-state index contributed by atoms with van der Waals surface area (Å²) in [5.74, 6) is -0.409. The molecule has 1 aromatic heterocycles. The summed E-state index contributed by atoms with van der Waals surface area (Å²) < 4.78 is 38.3. The number of aromatic amines is 1. The van der Waals surface area contributed by atoms with Gasteiger partial charge in [0.2, 0.25) is 0 Å². The Hall–Kier alpha value is -1.57. The van der Waals surface area contributed by atoms with Crippen LogP contribution in [0, 0.1) is 0 Å². The molecule has 0 aromatic carbocycles. The predicted molar refractivity (Wildman–Crippen MR) is 71.0 cm³/mol. The van der Waals surface area contributed by atoms with Gasteiger partial charge >= 0.3 is 6.18 Å². The number of hydrogen-bond donors (Lipinski definition) is 1. The number of amides is 1. The fourth-order valence-electron chi connectivity index (χ4n) is 2.46.